The second-order valence-electron chi connectivity index (χ2n) is 4.80. The fourth-order valence-corrected chi connectivity index (χ4v) is 2.75. The molecule has 1 aliphatic rings. The first-order chi connectivity index (χ1) is 9.58. The quantitative estimate of drug-likeness (QED) is 0.818. The highest BCUT2D eigenvalue weighted by Gasteiger charge is 2.20. The second kappa shape index (κ2) is 6.65. The van der Waals surface area contributed by atoms with Crippen molar-refractivity contribution >= 4 is 28.7 Å². The normalized spacial score (nSPS) is 17.5. The van der Waals surface area contributed by atoms with Crippen molar-refractivity contribution in [1.82, 2.24) is 5.32 Å². The van der Waals surface area contributed by atoms with Gasteiger partial charge in [0, 0.05) is 6.42 Å². The molecule has 1 aromatic heterocycles. The maximum atomic E-state index is 11.8. The van der Waals surface area contributed by atoms with Crippen LogP contribution in [0.1, 0.15) is 41.9 Å². The second-order valence-corrected chi connectivity index (χ2v) is 5.71. The van der Waals surface area contributed by atoms with E-state index in [2.05, 4.69) is 10.5 Å². The van der Waals surface area contributed by atoms with Gasteiger partial charge in [0.15, 0.2) is 5.78 Å². The predicted octanol–water partition coefficient (Wildman–Crippen LogP) is 2.16. The largest absolute Gasteiger partial charge is 0.390 e. The van der Waals surface area contributed by atoms with Crippen molar-refractivity contribution in [2.24, 2.45) is 5.16 Å². The third kappa shape index (κ3) is 3.90. The Kier molecular flexibility index (Phi) is 4.89. The van der Waals surface area contributed by atoms with Crippen LogP contribution in [0.5, 0.6) is 0 Å². The molecule has 2 rings (SSSR count). The average molecular weight is 294 g/mol. The Morgan fingerprint density at radius 1 is 1.55 bits per heavy atom. The van der Waals surface area contributed by atoms with Gasteiger partial charge in [0.1, 0.15) is 6.10 Å². The van der Waals surface area contributed by atoms with Gasteiger partial charge in [0.05, 0.1) is 23.6 Å². The first kappa shape index (κ1) is 14.7. The summed E-state index contributed by atoms with van der Waals surface area (Å²) in [5.74, 6) is -0.0308. The lowest BCUT2D eigenvalue weighted by Crippen LogP contribution is -2.33. The van der Waals surface area contributed by atoms with Crippen molar-refractivity contribution < 1.29 is 14.4 Å². The van der Waals surface area contributed by atoms with Gasteiger partial charge in [-0.05, 0) is 30.4 Å². The van der Waals surface area contributed by atoms with Crippen LogP contribution >= 0.6 is 11.3 Å². The molecule has 0 spiro atoms. The monoisotopic (exact) mass is 294 g/mol. The molecule has 0 saturated carbocycles. The van der Waals surface area contributed by atoms with E-state index in [0.29, 0.717) is 11.4 Å². The number of Topliss-reactive ketones (excluding diaryl/α,β-unsaturated/α-hetero) is 1. The smallest absolute Gasteiger partial charge is 0.224 e. The van der Waals surface area contributed by atoms with Crippen LogP contribution in [-0.2, 0) is 16.1 Å². The van der Waals surface area contributed by atoms with Crippen molar-refractivity contribution in [3.63, 3.8) is 0 Å². The fourth-order valence-electron chi connectivity index (χ4n) is 1.93. The minimum atomic E-state index is -0.0635. The molecule has 0 fully saturated rings. The van der Waals surface area contributed by atoms with Gasteiger partial charge in [-0.2, -0.15) is 0 Å². The summed E-state index contributed by atoms with van der Waals surface area (Å²) in [6.45, 7) is 4.03. The van der Waals surface area contributed by atoms with Crippen molar-refractivity contribution in [2.75, 3.05) is 6.54 Å². The van der Waals surface area contributed by atoms with E-state index in [9.17, 15) is 9.59 Å². The molecule has 0 aliphatic carbocycles. The summed E-state index contributed by atoms with van der Waals surface area (Å²) in [6.07, 6.45) is 1.90. The highest BCUT2D eigenvalue weighted by atomic mass is 32.1. The zero-order chi connectivity index (χ0) is 14.5. The van der Waals surface area contributed by atoms with Crippen LogP contribution in [0.4, 0.5) is 0 Å². The van der Waals surface area contributed by atoms with Gasteiger partial charge in [-0.3, -0.25) is 9.59 Å². The number of amides is 1. The van der Waals surface area contributed by atoms with Gasteiger partial charge in [0.2, 0.25) is 5.91 Å². The van der Waals surface area contributed by atoms with Crippen molar-refractivity contribution in [3.05, 3.63) is 21.9 Å². The summed E-state index contributed by atoms with van der Waals surface area (Å²) in [5, 5.41) is 8.64. The third-order valence-electron chi connectivity index (χ3n) is 3.09. The maximum absolute atomic E-state index is 11.8. The van der Waals surface area contributed by atoms with Crippen molar-refractivity contribution in [1.29, 1.82) is 0 Å². The Morgan fingerprint density at radius 3 is 2.95 bits per heavy atom. The van der Waals surface area contributed by atoms with E-state index in [4.69, 9.17) is 4.84 Å². The number of oxime groups is 1. The molecule has 20 heavy (non-hydrogen) atoms. The minimum Gasteiger partial charge on any atom is -0.390 e. The lowest BCUT2D eigenvalue weighted by molar-refractivity contribution is -0.121. The van der Waals surface area contributed by atoms with Crippen LogP contribution in [0, 0.1) is 0 Å². The standard InChI is InChI=1S/C14H18N2O3S/c1-3-11-6-12(19-16-11)7-15-14(18)5-10-4-13(9(2)17)20-8-10/h4,8,12H,3,5-7H2,1-2H3,(H,15,18). The van der Waals surface area contributed by atoms with E-state index in [1.807, 2.05) is 12.3 Å². The van der Waals surface area contributed by atoms with Gasteiger partial charge in [0.25, 0.3) is 0 Å². The number of carbonyl (C=O) groups excluding carboxylic acids is 2. The highest BCUT2D eigenvalue weighted by molar-refractivity contribution is 7.12. The number of rotatable bonds is 6. The molecule has 0 radical (unpaired) electrons. The number of hydrogen-bond acceptors (Lipinski definition) is 5. The average Bonchev–Trinajstić information content (AvgIpc) is 3.04. The number of ketones is 1. The van der Waals surface area contributed by atoms with E-state index in [-0.39, 0.29) is 24.2 Å². The Labute approximate surface area is 122 Å². The molecule has 0 aromatic carbocycles. The van der Waals surface area contributed by atoms with Gasteiger partial charge in [-0.25, -0.2) is 0 Å². The summed E-state index contributed by atoms with van der Waals surface area (Å²) < 4.78 is 0. The molecule has 1 aliphatic heterocycles. The molecule has 6 heteroatoms. The number of carbonyl (C=O) groups is 2. The highest BCUT2D eigenvalue weighted by Crippen LogP contribution is 2.16. The minimum absolute atomic E-state index is 0.0326. The van der Waals surface area contributed by atoms with E-state index in [0.717, 1.165) is 24.1 Å². The molecule has 1 unspecified atom stereocenters. The van der Waals surface area contributed by atoms with E-state index in [1.165, 1.54) is 18.3 Å². The molecule has 0 saturated heterocycles. The molecule has 1 atom stereocenters. The summed E-state index contributed by atoms with van der Waals surface area (Å²) in [6, 6.07) is 1.77. The van der Waals surface area contributed by atoms with E-state index >= 15 is 0 Å². The molecule has 1 amide bonds. The van der Waals surface area contributed by atoms with Gasteiger partial charge in [-0.15, -0.1) is 11.3 Å². The molecular weight excluding hydrogens is 276 g/mol. The first-order valence-electron chi connectivity index (χ1n) is 6.65. The Hall–Kier alpha value is -1.69. The van der Waals surface area contributed by atoms with E-state index < -0.39 is 0 Å². The molecule has 1 N–H and O–H groups in total. The maximum Gasteiger partial charge on any atom is 0.224 e. The zero-order valence-electron chi connectivity index (χ0n) is 11.6. The molecule has 2 heterocycles. The van der Waals surface area contributed by atoms with Crippen LogP contribution in [-0.4, -0.2) is 30.1 Å². The van der Waals surface area contributed by atoms with Crippen LogP contribution < -0.4 is 5.32 Å². The van der Waals surface area contributed by atoms with Crippen molar-refractivity contribution in [3.8, 4) is 0 Å². The zero-order valence-corrected chi connectivity index (χ0v) is 12.5. The Bertz CT molecular complexity index is 536. The summed E-state index contributed by atoms with van der Waals surface area (Å²) >= 11 is 1.37. The van der Waals surface area contributed by atoms with Crippen LogP contribution in [0.3, 0.4) is 0 Å². The number of thiophene rings is 1. The number of nitrogens with zero attached hydrogens (tertiary/aromatic N) is 1. The molecule has 108 valence electrons. The molecule has 1 aromatic rings. The predicted molar refractivity (Wildman–Crippen MR) is 78.3 cm³/mol. The first-order valence-corrected chi connectivity index (χ1v) is 7.53. The Morgan fingerprint density at radius 2 is 2.35 bits per heavy atom. The lowest BCUT2D eigenvalue weighted by Gasteiger charge is -2.09. The van der Waals surface area contributed by atoms with Crippen LogP contribution in [0.15, 0.2) is 16.6 Å². The third-order valence-corrected chi connectivity index (χ3v) is 4.17. The summed E-state index contributed by atoms with van der Waals surface area (Å²) in [7, 11) is 0. The van der Waals surface area contributed by atoms with Gasteiger partial charge < -0.3 is 10.2 Å². The SMILES string of the molecule is CCC1=NOC(CNC(=O)Cc2csc(C(C)=O)c2)C1. The van der Waals surface area contributed by atoms with Gasteiger partial charge in [-0.1, -0.05) is 12.1 Å². The van der Waals surface area contributed by atoms with Crippen LogP contribution in [0.25, 0.3) is 0 Å². The van der Waals surface area contributed by atoms with E-state index in [1.54, 1.807) is 6.07 Å². The van der Waals surface area contributed by atoms with Gasteiger partial charge >= 0.3 is 0 Å². The molecule has 0 bridgehead atoms. The lowest BCUT2D eigenvalue weighted by atomic mass is 10.1. The molecule has 5 nitrogen and oxygen atoms in total. The topological polar surface area (TPSA) is 67.8 Å². The van der Waals surface area contributed by atoms with Crippen LogP contribution in [0.2, 0.25) is 0 Å². The summed E-state index contributed by atoms with van der Waals surface area (Å²) in [5.41, 5.74) is 1.91. The number of hydrogen-bond donors (Lipinski definition) is 1. The molecular formula is C14H18N2O3S. The summed E-state index contributed by atoms with van der Waals surface area (Å²) in [4.78, 5) is 28.9. The Balaban J connectivity index is 1.74. The fraction of sp³-hybridized carbons (Fsp3) is 0.500. The van der Waals surface area contributed by atoms with Crippen molar-refractivity contribution in [2.45, 2.75) is 39.2 Å². The number of nitrogens with one attached hydrogen (secondary N) is 1.